The van der Waals surface area contributed by atoms with E-state index in [9.17, 15) is 24.6 Å². The molecule has 8 atom stereocenters. The zero-order valence-corrected chi connectivity index (χ0v) is 32.6. The van der Waals surface area contributed by atoms with Gasteiger partial charge in [0.25, 0.3) is 5.91 Å². The van der Waals surface area contributed by atoms with Crippen LogP contribution in [0, 0.1) is 35.0 Å². The summed E-state index contributed by atoms with van der Waals surface area (Å²) < 4.78 is 6.00. The van der Waals surface area contributed by atoms with Gasteiger partial charge in [-0.3, -0.25) is 19.2 Å². The van der Waals surface area contributed by atoms with E-state index in [1.807, 2.05) is 57.1 Å². The summed E-state index contributed by atoms with van der Waals surface area (Å²) in [4.78, 5) is 47.7. The highest BCUT2D eigenvalue weighted by atomic mass is 16.7. The van der Waals surface area contributed by atoms with Crippen LogP contribution in [0.15, 0.2) is 36.4 Å². The molecular formula is C40H61N5O7. The van der Waals surface area contributed by atoms with E-state index in [1.165, 1.54) is 0 Å². The number of hydroxylamine groups is 2. The van der Waals surface area contributed by atoms with E-state index in [2.05, 4.69) is 38.3 Å². The average Bonchev–Trinajstić information content (AvgIpc) is 3.46. The van der Waals surface area contributed by atoms with Crippen molar-refractivity contribution in [1.29, 1.82) is 0 Å². The fourth-order valence-electron chi connectivity index (χ4n) is 8.00. The van der Waals surface area contributed by atoms with Gasteiger partial charge in [0.05, 0.1) is 26.4 Å². The van der Waals surface area contributed by atoms with Crippen LogP contribution in [-0.2, 0) is 21.0 Å². The molecule has 1 heterocycles. The third-order valence-electron chi connectivity index (χ3n) is 11.5. The normalized spacial score (nSPS) is 24.4. The van der Waals surface area contributed by atoms with E-state index in [1.54, 1.807) is 31.2 Å². The first-order valence-corrected chi connectivity index (χ1v) is 18.5. The summed E-state index contributed by atoms with van der Waals surface area (Å²) in [6.45, 7) is 14.8. The van der Waals surface area contributed by atoms with Gasteiger partial charge in [-0.2, -0.15) is 5.06 Å². The van der Waals surface area contributed by atoms with Crippen molar-refractivity contribution in [3.05, 3.63) is 47.5 Å². The number of benzene rings is 2. The number of para-hydroxylation sites is 1. The van der Waals surface area contributed by atoms with Crippen molar-refractivity contribution in [3.8, 4) is 16.9 Å². The number of aliphatic hydroxyl groups is 2. The van der Waals surface area contributed by atoms with Crippen molar-refractivity contribution in [3.63, 3.8) is 0 Å². The topological polar surface area (TPSA) is 167 Å². The molecule has 2 aliphatic rings. The lowest BCUT2D eigenvalue weighted by atomic mass is 9.52. The first kappa shape index (κ1) is 41.1. The number of nitrogens with two attached hydrogens (primary N) is 1. The number of ether oxygens (including phenoxy) is 1. The molecule has 12 nitrogen and oxygen atoms in total. The summed E-state index contributed by atoms with van der Waals surface area (Å²) in [7, 11) is 5.31. The van der Waals surface area contributed by atoms with Crippen LogP contribution in [0.25, 0.3) is 11.1 Å². The van der Waals surface area contributed by atoms with Gasteiger partial charge in [-0.1, -0.05) is 59.7 Å². The summed E-state index contributed by atoms with van der Waals surface area (Å²) >= 11 is 0. The van der Waals surface area contributed by atoms with E-state index in [4.69, 9.17) is 15.3 Å². The Balaban J connectivity index is 1.65. The van der Waals surface area contributed by atoms with Gasteiger partial charge >= 0.3 is 0 Å². The molecule has 2 fully saturated rings. The number of aliphatic hydroxyl groups excluding tert-OH is 2. The van der Waals surface area contributed by atoms with Crippen LogP contribution in [0.1, 0.15) is 77.2 Å². The molecule has 0 radical (unpaired) electrons. The fraction of sp³-hybridized carbons (Fsp3) is 0.625. The monoisotopic (exact) mass is 723 g/mol. The van der Waals surface area contributed by atoms with Crippen LogP contribution in [-0.4, -0.2) is 91.6 Å². The average molecular weight is 724 g/mol. The zero-order chi connectivity index (χ0) is 38.7. The standard InChI is InChI=1S/C40H61N5O7/c1-22(2)14-32(37(41)48)43-38(49)28-16-27(17-29(18-28)44(8)9)30-13-11-12-26(36(30)51-10)20-45-35(34(25(5)47)33(21-46)52-45)39(50)42-19-23(3)31-15-24(4)40(31,6)7/h11-13,16-18,22-25,31-35,46-47H,14-15,19-21H2,1-10H3,(H2,41,48)(H,42,50)(H,43,49)/t23-,24+,25+,31+,32+,33+,34-,35+/m1/s1. The number of hydrogen-bond donors (Lipinski definition) is 5. The Morgan fingerprint density at radius 2 is 1.83 bits per heavy atom. The Kier molecular flexibility index (Phi) is 13.4. The van der Waals surface area contributed by atoms with Gasteiger partial charge < -0.3 is 36.2 Å². The van der Waals surface area contributed by atoms with Gasteiger partial charge in [-0.25, -0.2) is 0 Å². The number of hydrogen-bond acceptors (Lipinski definition) is 9. The molecule has 2 aromatic carbocycles. The molecule has 3 amide bonds. The van der Waals surface area contributed by atoms with Gasteiger partial charge in [-0.15, -0.1) is 0 Å². The van der Waals surface area contributed by atoms with Crippen LogP contribution >= 0.6 is 0 Å². The van der Waals surface area contributed by atoms with E-state index < -0.39 is 42.0 Å². The summed E-state index contributed by atoms with van der Waals surface area (Å²) in [6.07, 6.45) is -0.176. The molecular weight excluding hydrogens is 662 g/mol. The number of rotatable bonds is 16. The molecule has 1 aliphatic carbocycles. The fourth-order valence-corrected chi connectivity index (χ4v) is 8.00. The summed E-state index contributed by atoms with van der Waals surface area (Å²) in [5.74, 6) is 0.0872. The second kappa shape index (κ2) is 17.0. The van der Waals surface area contributed by atoms with Crippen LogP contribution in [0.5, 0.6) is 5.75 Å². The smallest absolute Gasteiger partial charge is 0.252 e. The largest absolute Gasteiger partial charge is 0.496 e. The highest BCUT2D eigenvalue weighted by Crippen LogP contribution is 2.54. The van der Waals surface area contributed by atoms with E-state index in [-0.39, 0.29) is 36.3 Å². The highest BCUT2D eigenvalue weighted by molar-refractivity contribution is 5.99. The number of nitrogens with zero attached hydrogens (tertiary/aromatic N) is 2. The van der Waals surface area contributed by atoms with Crippen molar-refractivity contribution in [2.24, 2.45) is 40.7 Å². The third-order valence-corrected chi connectivity index (χ3v) is 11.5. The molecule has 1 saturated heterocycles. The maximum absolute atomic E-state index is 14.0. The molecule has 4 rings (SSSR count). The number of anilines is 1. The molecule has 2 aromatic rings. The minimum atomic E-state index is -0.928. The maximum atomic E-state index is 14.0. The van der Waals surface area contributed by atoms with Crippen molar-refractivity contribution in [2.75, 3.05) is 39.3 Å². The molecule has 0 unspecified atom stereocenters. The number of carbonyl (C=O) groups is 3. The number of nitrogens with one attached hydrogen (secondary N) is 2. The lowest BCUT2D eigenvalue weighted by Crippen LogP contribution is -2.52. The van der Waals surface area contributed by atoms with E-state index >= 15 is 0 Å². The molecule has 0 bridgehead atoms. The summed E-state index contributed by atoms with van der Waals surface area (Å²) in [5.41, 5.74) is 9.03. The Bertz CT molecular complexity index is 1580. The molecule has 12 heteroatoms. The molecule has 6 N–H and O–H groups in total. The van der Waals surface area contributed by atoms with Crippen LogP contribution in [0.4, 0.5) is 5.69 Å². The Morgan fingerprint density at radius 1 is 1.13 bits per heavy atom. The lowest BCUT2D eigenvalue weighted by molar-refractivity contribution is -0.182. The summed E-state index contributed by atoms with van der Waals surface area (Å²) in [5, 5.41) is 28.6. The van der Waals surface area contributed by atoms with Gasteiger partial charge in [-0.05, 0) is 72.6 Å². The quantitative estimate of drug-likeness (QED) is 0.172. The molecule has 0 spiro atoms. The van der Waals surface area contributed by atoms with Gasteiger partial charge in [0.2, 0.25) is 11.8 Å². The zero-order valence-electron chi connectivity index (χ0n) is 32.6. The molecule has 52 heavy (non-hydrogen) atoms. The molecule has 1 saturated carbocycles. The minimum absolute atomic E-state index is 0.119. The number of primary amides is 1. The van der Waals surface area contributed by atoms with Crippen molar-refractivity contribution >= 4 is 23.4 Å². The molecule has 1 aliphatic heterocycles. The van der Waals surface area contributed by atoms with Crippen molar-refractivity contribution < 1.29 is 34.2 Å². The Labute approximate surface area is 309 Å². The van der Waals surface area contributed by atoms with Crippen molar-refractivity contribution in [1.82, 2.24) is 15.7 Å². The van der Waals surface area contributed by atoms with Crippen molar-refractivity contribution in [2.45, 2.75) is 92.1 Å². The number of amides is 3. The van der Waals surface area contributed by atoms with Crippen LogP contribution < -0.4 is 26.0 Å². The van der Waals surface area contributed by atoms with Gasteiger partial charge in [0, 0.05) is 48.9 Å². The Morgan fingerprint density at radius 3 is 2.37 bits per heavy atom. The SMILES string of the molecule is COc1c(CN2O[C@@H](CO)[C@@H]([C@H](C)O)[C@H]2C(=O)NC[C@@H](C)[C@@H]2C[C@H](C)C2(C)C)cccc1-c1cc(C(=O)N[C@@H](CC(C)C)C(N)=O)cc(N(C)C)c1. The third kappa shape index (κ3) is 8.90. The maximum Gasteiger partial charge on any atom is 0.252 e. The number of methoxy groups -OCH3 is 1. The Hall–Kier alpha value is -3.71. The van der Waals surface area contributed by atoms with Gasteiger partial charge in [0.15, 0.2) is 0 Å². The predicted octanol–water partition coefficient (Wildman–Crippen LogP) is 3.97. The summed E-state index contributed by atoms with van der Waals surface area (Å²) in [6, 6.07) is 9.38. The molecule has 288 valence electrons. The van der Waals surface area contributed by atoms with Crippen LogP contribution in [0.3, 0.4) is 0 Å². The lowest BCUT2D eigenvalue weighted by Gasteiger charge is -2.53. The van der Waals surface area contributed by atoms with Gasteiger partial charge in [0.1, 0.15) is 23.9 Å². The van der Waals surface area contributed by atoms with E-state index in [0.717, 1.165) is 12.1 Å². The predicted molar refractivity (Wildman–Crippen MR) is 202 cm³/mol. The molecule has 0 aromatic heterocycles. The van der Waals surface area contributed by atoms with Crippen LogP contribution in [0.2, 0.25) is 0 Å². The first-order valence-electron chi connectivity index (χ1n) is 18.5. The first-order chi connectivity index (χ1) is 24.4. The minimum Gasteiger partial charge on any atom is -0.496 e. The second-order valence-corrected chi connectivity index (χ2v) is 16.2. The second-order valence-electron chi connectivity index (χ2n) is 16.2. The number of carbonyl (C=O) groups excluding carboxylic acids is 3. The highest BCUT2D eigenvalue weighted by Gasteiger charge is 2.50. The van der Waals surface area contributed by atoms with E-state index in [0.29, 0.717) is 52.8 Å².